The van der Waals surface area contributed by atoms with Crippen molar-refractivity contribution in [2.45, 2.75) is 32.7 Å². The number of hydrogen-bond acceptors (Lipinski definition) is 3. The van der Waals surface area contributed by atoms with Crippen molar-refractivity contribution in [1.29, 1.82) is 0 Å². The Morgan fingerprint density at radius 1 is 1.43 bits per heavy atom. The molecule has 21 heavy (non-hydrogen) atoms. The fraction of sp³-hybridized carbons (Fsp3) is 0.312. The van der Waals surface area contributed by atoms with Crippen LogP contribution in [0.2, 0.25) is 0 Å². The average Bonchev–Trinajstić information content (AvgIpc) is 2.44. The molecule has 110 valence electrons. The standard InChI is InChI=1S/C16H19N3OS/c1-3-11(9-15(17)21)19-16(20)13-8-10(2)18-14-7-5-4-6-12(13)14/h4-8,11H,3,9H2,1-2H3,(H2,17,21)(H,19,20). The topological polar surface area (TPSA) is 68.0 Å². The highest BCUT2D eigenvalue weighted by molar-refractivity contribution is 7.80. The molecule has 1 heterocycles. The molecule has 1 amide bonds. The van der Waals surface area contributed by atoms with E-state index in [9.17, 15) is 4.79 Å². The summed E-state index contributed by atoms with van der Waals surface area (Å²) in [5.41, 5.74) is 7.85. The number of rotatable bonds is 5. The number of fused-ring (bicyclic) bond motifs is 1. The van der Waals surface area contributed by atoms with Crippen molar-refractivity contribution in [3.63, 3.8) is 0 Å². The summed E-state index contributed by atoms with van der Waals surface area (Å²) in [6, 6.07) is 9.41. The zero-order valence-electron chi connectivity index (χ0n) is 12.2. The monoisotopic (exact) mass is 301 g/mol. The van der Waals surface area contributed by atoms with E-state index in [-0.39, 0.29) is 11.9 Å². The summed E-state index contributed by atoms with van der Waals surface area (Å²) < 4.78 is 0. The number of nitrogens with zero attached hydrogens (tertiary/aromatic N) is 1. The number of para-hydroxylation sites is 1. The fourth-order valence-corrected chi connectivity index (χ4v) is 2.50. The van der Waals surface area contributed by atoms with Crippen molar-refractivity contribution >= 4 is 34.0 Å². The molecule has 1 atom stereocenters. The van der Waals surface area contributed by atoms with Gasteiger partial charge in [-0.25, -0.2) is 0 Å². The summed E-state index contributed by atoms with van der Waals surface area (Å²) >= 11 is 4.92. The van der Waals surface area contributed by atoms with Gasteiger partial charge in [0, 0.05) is 23.5 Å². The van der Waals surface area contributed by atoms with Crippen molar-refractivity contribution in [3.8, 4) is 0 Å². The van der Waals surface area contributed by atoms with Crippen LogP contribution < -0.4 is 11.1 Å². The Hall–Kier alpha value is -2.01. The number of aryl methyl sites for hydroxylation is 1. The van der Waals surface area contributed by atoms with E-state index in [0.717, 1.165) is 23.0 Å². The van der Waals surface area contributed by atoms with Crippen LogP contribution in [0.3, 0.4) is 0 Å². The van der Waals surface area contributed by atoms with E-state index in [0.29, 0.717) is 17.0 Å². The Morgan fingerprint density at radius 3 is 2.81 bits per heavy atom. The molecule has 0 aliphatic heterocycles. The molecule has 0 saturated carbocycles. The summed E-state index contributed by atoms with van der Waals surface area (Å²) in [6.07, 6.45) is 1.30. The minimum absolute atomic E-state index is 0.0396. The average molecular weight is 301 g/mol. The Balaban J connectivity index is 2.32. The number of carbonyl (C=O) groups is 1. The molecule has 5 heteroatoms. The zero-order chi connectivity index (χ0) is 15.4. The van der Waals surface area contributed by atoms with Gasteiger partial charge in [0.2, 0.25) is 0 Å². The maximum atomic E-state index is 12.5. The van der Waals surface area contributed by atoms with Crippen molar-refractivity contribution < 1.29 is 4.79 Å². The molecule has 0 bridgehead atoms. The van der Waals surface area contributed by atoms with Crippen LogP contribution in [0.25, 0.3) is 10.9 Å². The number of aromatic nitrogens is 1. The van der Waals surface area contributed by atoms with Crippen LogP contribution in [0.15, 0.2) is 30.3 Å². The smallest absolute Gasteiger partial charge is 0.252 e. The number of thiocarbonyl (C=S) groups is 1. The third kappa shape index (κ3) is 3.76. The predicted molar refractivity (Wildman–Crippen MR) is 89.4 cm³/mol. The molecule has 0 saturated heterocycles. The molecule has 4 nitrogen and oxygen atoms in total. The van der Waals surface area contributed by atoms with Crippen LogP contribution in [0.1, 0.15) is 35.8 Å². The van der Waals surface area contributed by atoms with Gasteiger partial charge in [0.1, 0.15) is 0 Å². The van der Waals surface area contributed by atoms with E-state index >= 15 is 0 Å². The van der Waals surface area contributed by atoms with Crippen molar-refractivity contribution in [2.75, 3.05) is 0 Å². The minimum Gasteiger partial charge on any atom is -0.393 e. The molecule has 0 spiro atoms. The highest BCUT2D eigenvalue weighted by Crippen LogP contribution is 2.18. The molecule has 1 unspecified atom stereocenters. The quantitative estimate of drug-likeness (QED) is 0.833. The first-order valence-corrected chi connectivity index (χ1v) is 7.37. The summed E-state index contributed by atoms with van der Waals surface area (Å²) in [6.45, 7) is 3.88. The van der Waals surface area contributed by atoms with Gasteiger partial charge in [-0.1, -0.05) is 37.3 Å². The fourth-order valence-electron chi connectivity index (χ4n) is 2.30. The number of benzene rings is 1. The number of carbonyl (C=O) groups excluding carboxylic acids is 1. The van der Waals surface area contributed by atoms with Crippen LogP contribution in [-0.4, -0.2) is 21.9 Å². The third-order valence-corrected chi connectivity index (χ3v) is 3.53. The first-order chi connectivity index (χ1) is 10.0. The van der Waals surface area contributed by atoms with Crippen LogP contribution in [0.4, 0.5) is 0 Å². The normalized spacial score (nSPS) is 12.1. The molecule has 0 radical (unpaired) electrons. The number of amides is 1. The van der Waals surface area contributed by atoms with Gasteiger partial charge in [-0.15, -0.1) is 0 Å². The van der Waals surface area contributed by atoms with E-state index in [1.165, 1.54) is 0 Å². The van der Waals surface area contributed by atoms with Crippen LogP contribution in [0, 0.1) is 6.92 Å². The SMILES string of the molecule is CCC(CC(N)=S)NC(=O)c1cc(C)nc2ccccc12. The predicted octanol–water partition coefficient (Wildman–Crippen LogP) is 2.73. The molecular weight excluding hydrogens is 282 g/mol. The molecule has 0 aliphatic rings. The second kappa shape index (κ2) is 6.63. The molecule has 2 rings (SSSR count). The first-order valence-electron chi connectivity index (χ1n) is 6.96. The third-order valence-electron chi connectivity index (χ3n) is 3.36. The Morgan fingerprint density at radius 2 is 2.14 bits per heavy atom. The number of nitrogens with two attached hydrogens (primary N) is 1. The zero-order valence-corrected chi connectivity index (χ0v) is 13.0. The Labute approximate surface area is 129 Å². The Bertz CT molecular complexity index is 684. The lowest BCUT2D eigenvalue weighted by Crippen LogP contribution is -2.37. The van der Waals surface area contributed by atoms with Gasteiger partial charge in [0.25, 0.3) is 5.91 Å². The van der Waals surface area contributed by atoms with E-state index in [1.54, 1.807) is 0 Å². The van der Waals surface area contributed by atoms with Gasteiger partial charge in [-0.05, 0) is 25.5 Å². The molecule has 1 aromatic heterocycles. The summed E-state index contributed by atoms with van der Waals surface area (Å²) in [5, 5.41) is 3.85. The number of pyridine rings is 1. The molecule has 2 aromatic rings. The van der Waals surface area contributed by atoms with Gasteiger partial charge >= 0.3 is 0 Å². The van der Waals surface area contributed by atoms with Gasteiger partial charge in [0.05, 0.1) is 16.1 Å². The van der Waals surface area contributed by atoms with Crippen molar-refractivity contribution in [3.05, 3.63) is 41.6 Å². The molecule has 0 fully saturated rings. The summed E-state index contributed by atoms with van der Waals surface area (Å²) in [5.74, 6) is -0.111. The highest BCUT2D eigenvalue weighted by atomic mass is 32.1. The van der Waals surface area contributed by atoms with Gasteiger partial charge in [-0.3, -0.25) is 9.78 Å². The highest BCUT2D eigenvalue weighted by Gasteiger charge is 2.16. The lowest BCUT2D eigenvalue weighted by atomic mass is 10.1. The van der Waals surface area contributed by atoms with Gasteiger partial charge < -0.3 is 11.1 Å². The molecule has 0 aliphatic carbocycles. The number of hydrogen-bond donors (Lipinski definition) is 2. The second-order valence-corrected chi connectivity index (χ2v) is 5.60. The van der Waals surface area contributed by atoms with E-state index < -0.39 is 0 Å². The largest absolute Gasteiger partial charge is 0.393 e. The minimum atomic E-state index is -0.111. The first kappa shape index (κ1) is 15.4. The Kier molecular flexibility index (Phi) is 4.85. The second-order valence-electron chi connectivity index (χ2n) is 5.08. The molecular formula is C16H19N3OS. The molecule has 1 aromatic carbocycles. The van der Waals surface area contributed by atoms with Gasteiger partial charge in [-0.2, -0.15) is 0 Å². The van der Waals surface area contributed by atoms with Crippen molar-refractivity contribution in [1.82, 2.24) is 10.3 Å². The van der Waals surface area contributed by atoms with Crippen LogP contribution in [-0.2, 0) is 0 Å². The summed E-state index contributed by atoms with van der Waals surface area (Å²) in [4.78, 5) is 17.4. The van der Waals surface area contributed by atoms with Crippen molar-refractivity contribution in [2.24, 2.45) is 5.73 Å². The van der Waals surface area contributed by atoms with E-state index in [2.05, 4.69) is 10.3 Å². The van der Waals surface area contributed by atoms with Crippen LogP contribution in [0.5, 0.6) is 0 Å². The maximum absolute atomic E-state index is 12.5. The lowest BCUT2D eigenvalue weighted by Gasteiger charge is -2.17. The van der Waals surface area contributed by atoms with E-state index in [1.807, 2.05) is 44.2 Å². The maximum Gasteiger partial charge on any atom is 0.252 e. The summed E-state index contributed by atoms with van der Waals surface area (Å²) in [7, 11) is 0. The number of nitrogens with one attached hydrogen (secondary N) is 1. The lowest BCUT2D eigenvalue weighted by molar-refractivity contribution is 0.0938. The van der Waals surface area contributed by atoms with E-state index in [4.69, 9.17) is 18.0 Å². The van der Waals surface area contributed by atoms with Gasteiger partial charge in [0.15, 0.2) is 0 Å². The van der Waals surface area contributed by atoms with Crippen LogP contribution >= 0.6 is 12.2 Å². The molecule has 3 N–H and O–H groups in total.